The van der Waals surface area contributed by atoms with E-state index in [1.165, 1.54) is 0 Å². The van der Waals surface area contributed by atoms with E-state index in [0.717, 1.165) is 5.56 Å². The van der Waals surface area contributed by atoms with E-state index in [1.807, 2.05) is 6.07 Å². The van der Waals surface area contributed by atoms with Crippen molar-refractivity contribution in [3.05, 3.63) is 29.3 Å². The number of aryl methyl sites for hydroxylation is 2. The maximum Gasteiger partial charge on any atom is 0.304 e. The highest BCUT2D eigenvalue weighted by atomic mass is 32.2. The number of rotatable bonds is 5. The second-order valence-electron chi connectivity index (χ2n) is 3.81. The fourth-order valence-corrected chi connectivity index (χ4v) is 2.73. The molecule has 0 radical (unpaired) electrons. The van der Waals surface area contributed by atoms with Crippen LogP contribution in [0.2, 0.25) is 0 Å². The number of aliphatic carboxylic acids is 1. The summed E-state index contributed by atoms with van der Waals surface area (Å²) in [6, 6.07) is 5.12. The Morgan fingerprint density at radius 2 is 2.00 bits per heavy atom. The number of sulfonamides is 1. The molecule has 0 saturated carbocycles. The first kappa shape index (κ1) is 13.7. The van der Waals surface area contributed by atoms with E-state index in [0.29, 0.717) is 5.56 Å². The highest BCUT2D eigenvalue weighted by Crippen LogP contribution is 2.16. The molecule has 5 nitrogen and oxygen atoms in total. The van der Waals surface area contributed by atoms with Crippen molar-refractivity contribution in [3.8, 4) is 0 Å². The zero-order valence-electron chi connectivity index (χ0n) is 9.73. The molecule has 0 heterocycles. The molecule has 0 aliphatic heterocycles. The van der Waals surface area contributed by atoms with Crippen LogP contribution in [0.1, 0.15) is 17.5 Å². The molecule has 1 rings (SSSR count). The predicted octanol–water partition coefficient (Wildman–Crippen LogP) is 1.06. The Kier molecular flexibility index (Phi) is 4.25. The first-order valence-electron chi connectivity index (χ1n) is 5.11. The zero-order valence-corrected chi connectivity index (χ0v) is 10.5. The number of carboxylic acids is 1. The second kappa shape index (κ2) is 5.29. The minimum absolute atomic E-state index is 0.106. The summed E-state index contributed by atoms with van der Waals surface area (Å²) in [4.78, 5) is 10.5. The Morgan fingerprint density at radius 3 is 2.59 bits per heavy atom. The van der Waals surface area contributed by atoms with Crippen LogP contribution in [0.25, 0.3) is 0 Å². The molecule has 0 spiro atoms. The maximum absolute atomic E-state index is 11.9. The fraction of sp³-hybridized carbons (Fsp3) is 0.364. The van der Waals surface area contributed by atoms with E-state index in [9.17, 15) is 13.2 Å². The highest BCUT2D eigenvalue weighted by Gasteiger charge is 2.16. The van der Waals surface area contributed by atoms with Gasteiger partial charge in [0.15, 0.2) is 0 Å². The van der Waals surface area contributed by atoms with Crippen molar-refractivity contribution < 1.29 is 18.3 Å². The van der Waals surface area contributed by atoms with Crippen LogP contribution in [0.15, 0.2) is 23.1 Å². The van der Waals surface area contributed by atoms with Gasteiger partial charge in [-0.3, -0.25) is 4.79 Å². The Bertz CT molecular complexity index is 522. The number of carbonyl (C=O) groups is 1. The van der Waals surface area contributed by atoms with Gasteiger partial charge in [-0.05, 0) is 31.0 Å². The number of carboxylic acid groups (broad SMARTS) is 1. The Balaban J connectivity index is 2.89. The average Bonchev–Trinajstić information content (AvgIpc) is 2.20. The maximum atomic E-state index is 11.9. The van der Waals surface area contributed by atoms with Gasteiger partial charge >= 0.3 is 5.97 Å². The summed E-state index contributed by atoms with van der Waals surface area (Å²) in [5.74, 6) is -1.03. The lowest BCUT2D eigenvalue weighted by Gasteiger charge is -2.09. The minimum Gasteiger partial charge on any atom is -0.481 e. The Hall–Kier alpha value is -1.40. The van der Waals surface area contributed by atoms with Crippen molar-refractivity contribution >= 4 is 16.0 Å². The van der Waals surface area contributed by atoms with Crippen LogP contribution in [0.3, 0.4) is 0 Å². The van der Waals surface area contributed by atoms with E-state index >= 15 is 0 Å². The van der Waals surface area contributed by atoms with Crippen molar-refractivity contribution in [2.45, 2.75) is 25.2 Å². The van der Waals surface area contributed by atoms with Crippen LogP contribution in [-0.2, 0) is 14.8 Å². The van der Waals surface area contributed by atoms with Gasteiger partial charge in [0.25, 0.3) is 0 Å². The SMILES string of the molecule is Cc1ccc(C)c(S(=O)(=O)NCCC(=O)O)c1. The minimum atomic E-state index is -3.62. The molecule has 0 fully saturated rings. The summed E-state index contributed by atoms with van der Waals surface area (Å²) in [6.07, 6.45) is -0.232. The fourth-order valence-electron chi connectivity index (χ4n) is 1.37. The summed E-state index contributed by atoms with van der Waals surface area (Å²) in [7, 11) is -3.62. The van der Waals surface area contributed by atoms with Crippen molar-refractivity contribution in [3.63, 3.8) is 0 Å². The number of benzene rings is 1. The van der Waals surface area contributed by atoms with Crippen LogP contribution < -0.4 is 4.72 Å². The molecule has 0 saturated heterocycles. The van der Waals surface area contributed by atoms with Gasteiger partial charge in [0.2, 0.25) is 10.0 Å². The van der Waals surface area contributed by atoms with Crippen LogP contribution in [0, 0.1) is 13.8 Å². The molecule has 0 atom stereocenters. The monoisotopic (exact) mass is 257 g/mol. The van der Waals surface area contributed by atoms with E-state index in [2.05, 4.69) is 4.72 Å². The van der Waals surface area contributed by atoms with Gasteiger partial charge in [0.05, 0.1) is 11.3 Å². The summed E-state index contributed by atoms with van der Waals surface area (Å²) >= 11 is 0. The van der Waals surface area contributed by atoms with E-state index in [4.69, 9.17) is 5.11 Å². The lowest BCUT2D eigenvalue weighted by atomic mass is 10.2. The standard InChI is InChI=1S/C11H15NO4S/c1-8-3-4-9(2)10(7-8)17(15,16)12-6-5-11(13)14/h3-4,7,12H,5-6H2,1-2H3,(H,13,14). The van der Waals surface area contributed by atoms with Crippen LogP contribution >= 0.6 is 0 Å². The van der Waals surface area contributed by atoms with E-state index in [1.54, 1.807) is 26.0 Å². The Labute approximate surface area is 101 Å². The molecular weight excluding hydrogens is 242 g/mol. The summed E-state index contributed by atoms with van der Waals surface area (Å²) < 4.78 is 26.0. The molecule has 0 aromatic heterocycles. The summed E-state index contributed by atoms with van der Waals surface area (Å²) in [6.45, 7) is 3.39. The molecule has 0 aliphatic rings. The third-order valence-electron chi connectivity index (χ3n) is 2.26. The molecule has 0 unspecified atom stereocenters. The molecule has 1 aromatic carbocycles. The van der Waals surface area contributed by atoms with E-state index in [-0.39, 0.29) is 17.9 Å². The quantitative estimate of drug-likeness (QED) is 0.826. The lowest BCUT2D eigenvalue weighted by Crippen LogP contribution is -2.26. The smallest absolute Gasteiger partial charge is 0.304 e. The topological polar surface area (TPSA) is 83.5 Å². The largest absolute Gasteiger partial charge is 0.481 e. The van der Waals surface area contributed by atoms with Gasteiger partial charge < -0.3 is 5.11 Å². The van der Waals surface area contributed by atoms with Gasteiger partial charge in [-0.2, -0.15) is 0 Å². The van der Waals surface area contributed by atoms with Gasteiger partial charge in [-0.15, -0.1) is 0 Å². The number of hydrogen-bond acceptors (Lipinski definition) is 3. The van der Waals surface area contributed by atoms with Gasteiger partial charge in [-0.1, -0.05) is 12.1 Å². The van der Waals surface area contributed by atoms with Gasteiger partial charge in [-0.25, -0.2) is 13.1 Å². The summed E-state index contributed by atoms with van der Waals surface area (Å²) in [5.41, 5.74) is 1.48. The van der Waals surface area contributed by atoms with Gasteiger partial charge in [0.1, 0.15) is 0 Å². The predicted molar refractivity (Wildman–Crippen MR) is 63.4 cm³/mol. The second-order valence-corrected chi connectivity index (χ2v) is 5.55. The molecule has 1 aromatic rings. The third-order valence-corrected chi connectivity index (χ3v) is 3.87. The lowest BCUT2D eigenvalue weighted by molar-refractivity contribution is -0.136. The van der Waals surface area contributed by atoms with Crippen molar-refractivity contribution in [2.24, 2.45) is 0 Å². The van der Waals surface area contributed by atoms with Crippen LogP contribution in [0.5, 0.6) is 0 Å². The Morgan fingerprint density at radius 1 is 1.35 bits per heavy atom. The normalized spacial score (nSPS) is 11.4. The molecule has 2 N–H and O–H groups in total. The molecule has 0 amide bonds. The highest BCUT2D eigenvalue weighted by molar-refractivity contribution is 7.89. The first-order chi connectivity index (χ1) is 7.83. The average molecular weight is 257 g/mol. The number of nitrogens with one attached hydrogen (secondary N) is 1. The number of hydrogen-bond donors (Lipinski definition) is 2. The zero-order chi connectivity index (χ0) is 13.1. The first-order valence-corrected chi connectivity index (χ1v) is 6.60. The van der Waals surface area contributed by atoms with Gasteiger partial charge in [0, 0.05) is 6.54 Å². The molecule has 17 heavy (non-hydrogen) atoms. The molecule has 6 heteroatoms. The third kappa shape index (κ3) is 3.83. The molecule has 0 aliphatic carbocycles. The van der Waals surface area contributed by atoms with Crippen molar-refractivity contribution in [1.82, 2.24) is 4.72 Å². The molecular formula is C11H15NO4S. The van der Waals surface area contributed by atoms with E-state index < -0.39 is 16.0 Å². The van der Waals surface area contributed by atoms with Crippen molar-refractivity contribution in [1.29, 1.82) is 0 Å². The van der Waals surface area contributed by atoms with Crippen molar-refractivity contribution in [2.75, 3.05) is 6.54 Å². The van der Waals surface area contributed by atoms with Crippen LogP contribution in [-0.4, -0.2) is 26.0 Å². The molecule has 0 bridgehead atoms. The summed E-state index contributed by atoms with van der Waals surface area (Å²) in [5, 5.41) is 8.44. The van der Waals surface area contributed by atoms with Crippen LogP contribution in [0.4, 0.5) is 0 Å². The molecule has 94 valence electrons.